The Balaban J connectivity index is 1.70. The minimum atomic E-state index is 0.830. The van der Waals surface area contributed by atoms with Crippen molar-refractivity contribution in [3.8, 4) is 0 Å². The maximum atomic E-state index is 2.86. The Kier molecular flexibility index (Phi) is 3.72. The quantitative estimate of drug-likeness (QED) is 0.742. The van der Waals surface area contributed by atoms with Gasteiger partial charge in [0.2, 0.25) is 0 Å². The van der Waals surface area contributed by atoms with Crippen LogP contribution < -0.4 is 0 Å². The first-order valence-electron chi connectivity index (χ1n) is 7.91. The molecule has 0 spiro atoms. The lowest BCUT2D eigenvalue weighted by molar-refractivity contribution is -0.0610. The average molecular weight is 236 g/mol. The van der Waals surface area contributed by atoms with Gasteiger partial charge in [-0.15, -0.1) is 0 Å². The Hall–Kier alpha value is -0.0800. The van der Waals surface area contributed by atoms with Crippen molar-refractivity contribution < 1.29 is 0 Å². The van der Waals surface area contributed by atoms with E-state index < -0.39 is 0 Å². The van der Waals surface area contributed by atoms with Crippen molar-refractivity contribution in [2.45, 2.75) is 83.0 Å². The van der Waals surface area contributed by atoms with E-state index in [9.17, 15) is 0 Å². The van der Waals surface area contributed by atoms with E-state index in [1.165, 1.54) is 70.9 Å². The van der Waals surface area contributed by atoms with Crippen LogP contribution in [0.15, 0.2) is 0 Å². The first-order valence-corrected chi connectivity index (χ1v) is 7.91. The molecule has 0 amide bonds. The number of hydrogen-bond donors (Lipinski definition) is 0. The van der Waals surface area contributed by atoms with E-state index in [-0.39, 0.29) is 0 Å². The molecule has 0 aliphatic carbocycles. The van der Waals surface area contributed by atoms with Crippen molar-refractivity contribution in [3.63, 3.8) is 0 Å². The normalized spacial score (nSPS) is 39.0. The molecule has 0 aromatic rings. The van der Waals surface area contributed by atoms with E-state index >= 15 is 0 Å². The molecule has 0 saturated carbocycles. The molecule has 0 aromatic heterocycles. The van der Waals surface area contributed by atoms with Crippen LogP contribution in [0.3, 0.4) is 0 Å². The Bertz CT molecular complexity index is 253. The molecule has 3 heterocycles. The minimum Gasteiger partial charge on any atom is -0.285 e. The van der Waals surface area contributed by atoms with Gasteiger partial charge in [-0.2, -0.15) is 0 Å². The Labute approximate surface area is 106 Å². The Morgan fingerprint density at radius 3 is 2.76 bits per heavy atom. The fraction of sp³-hybridized carbons (Fsp3) is 1.00. The van der Waals surface area contributed by atoms with Crippen molar-refractivity contribution >= 4 is 0 Å². The predicted octanol–water partition coefficient (Wildman–Crippen LogP) is 3.23. The van der Waals surface area contributed by atoms with Crippen molar-refractivity contribution in [1.82, 2.24) is 9.80 Å². The van der Waals surface area contributed by atoms with Crippen LogP contribution in [0.5, 0.6) is 0 Å². The number of hydrogen-bond acceptors (Lipinski definition) is 2. The summed E-state index contributed by atoms with van der Waals surface area (Å²) in [6, 6.07) is 1.85. The van der Waals surface area contributed by atoms with Crippen LogP contribution in [0.4, 0.5) is 0 Å². The lowest BCUT2D eigenvalue weighted by Crippen LogP contribution is -2.60. The van der Waals surface area contributed by atoms with Crippen molar-refractivity contribution in [2.75, 3.05) is 13.1 Å². The molecule has 0 aromatic carbocycles. The van der Waals surface area contributed by atoms with Crippen LogP contribution in [-0.2, 0) is 0 Å². The molecule has 2 nitrogen and oxygen atoms in total. The van der Waals surface area contributed by atoms with Gasteiger partial charge in [-0.1, -0.05) is 26.2 Å². The van der Waals surface area contributed by atoms with Crippen LogP contribution in [0.25, 0.3) is 0 Å². The van der Waals surface area contributed by atoms with Gasteiger partial charge >= 0.3 is 0 Å². The molecule has 2 heteroatoms. The van der Waals surface area contributed by atoms with E-state index in [4.69, 9.17) is 0 Å². The molecule has 0 N–H and O–H groups in total. The maximum absolute atomic E-state index is 2.86. The number of piperidine rings is 1. The van der Waals surface area contributed by atoms with Crippen molar-refractivity contribution in [3.05, 3.63) is 0 Å². The van der Waals surface area contributed by atoms with E-state index in [2.05, 4.69) is 16.7 Å². The highest BCUT2D eigenvalue weighted by Gasteiger charge is 2.43. The van der Waals surface area contributed by atoms with Gasteiger partial charge in [-0.25, -0.2) is 0 Å². The maximum Gasteiger partial charge on any atom is 0.0627 e. The van der Waals surface area contributed by atoms with Gasteiger partial charge in [0.1, 0.15) is 0 Å². The molecule has 3 aliphatic rings. The first-order chi connectivity index (χ1) is 8.40. The topological polar surface area (TPSA) is 6.48 Å². The Morgan fingerprint density at radius 2 is 1.88 bits per heavy atom. The van der Waals surface area contributed by atoms with E-state index in [0.717, 1.165) is 18.2 Å². The first kappa shape index (κ1) is 12.0. The summed E-state index contributed by atoms with van der Waals surface area (Å²) in [7, 11) is 0. The Morgan fingerprint density at radius 1 is 1.00 bits per heavy atom. The SMILES string of the molecule is CCCC[C@@H]1C[C@H]2CCCCN2[C@H]2CCCN12. The summed E-state index contributed by atoms with van der Waals surface area (Å²) in [5.41, 5.74) is 0. The molecule has 3 saturated heterocycles. The summed E-state index contributed by atoms with van der Waals surface area (Å²) in [4.78, 5) is 5.72. The summed E-state index contributed by atoms with van der Waals surface area (Å²) in [6.45, 7) is 5.09. The predicted molar refractivity (Wildman–Crippen MR) is 72.0 cm³/mol. The fourth-order valence-corrected chi connectivity index (χ4v) is 4.39. The number of nitrogens with zero attached hydrogens (tertiary/aromatic N) is 2. The summed E-state index contributed by atoms with van der Waals surface area (Å²) in [6.07, 6.45) is 13.8. The van der Waals surface area contributed by atoms with Gasteiger partial charge in [0.25, 0.3) is 0 Å². The standard InChI is InChI=1S/C15H28N2/c1-2-3-7-13-12-14-8-4-5-10-16(14)15-9-6-11-17(13)15/h13-15H,2-12H2,1H3/t13-,14-,15-/m1/s1. The molecule has 3 rings (SSSR count). The summed E-state index contributed by atoms with van der Waals surface area (Å²) in [5.74, 6) is 0. The van der Waals surface area contributed by atoms with Gasteiger partial charge in [-0.05, 0) is 45.1 Å². The second kappa shape index (κ2) is 5.27. The summed E-state index contributed by atoms with van der Waals surface area (Å²) >= 11 is 0. The van der Waals surface area contributed by atoms with Gasteiger partial charge in [0, 0.05) is 18.6 Å². The molecule has 17 heavy (non-hydrogen) atoms. The molecule has 3 aliphatic heterocycles. The zero-order valence-electron chi connectivity index (χ0n) is 11.4. The molecular formula is C15H28N2. The summed E-state index contributed by atoms with van der Waals surface area (Å²) < 4.78 is 0. The fourth-order valence-electron chi connectivity index (χ4n) is 4.39. The molecule has 0 bridgehead atoms. The van der Waals surface area contributed by atoms with Crippen LogP contribution in [0, 0.1) is 0 Å². The number of unbranched alkanes of at least 4 members (excludes halogenated alkanes) is 1. The molecule has 3 atom stereocenters. The highest BCUT2D eigenvalue weighted by atomic mass is 15.4. The second-order valence-electron chi connectivity index (χ2n) is 6.28. The smallest absolute Gasteiger partial charge is 0.0627 e. The lowest BCUT2D eigenvalue weighted by atomic mass is 9.89. The van der Waals surface area contributed by atoms with E-state index in [0.29, 0.717) is 0 Å². The molecular weight excluding hydrogens is 208 g/mol. The van der Waals surface area contributed by atoms with Gasteiger partial charge < -0.3 is 0 Å². The summed E-state index contributed by atoms with van der Waals surface area (Å²) in [5, 5.41) is 0. The van der Waals surface area contributed by atoms with Gasteiger partial charge in [0.05, 0.1) is 6.17 Å². The number of rotatable bonds is 3. The third-order valence-corrected chi connectivity index (χ3v) is 5.22. The lowest BCUT2D eigenvalue weighted by Gasteiger charge is -2.51. The van der Waals surface area contributed by atoms with Crippen LogP contribution in [0.1, 0.15) is 64.7 Å². The third kappa shape index (κ3) is 2.26. The van der Waals surface area contributed by atoms with Crippen LogP contribution in [0.2, 0.25) is 0 Å². The van der Waals surface area contributed by atoms with E-state index in [1.54, 1.807) is 0 Å². The van der Waals surface area contributed by atoms with Crippen LogP contribution >= 0.6 is 0 Å². The van der Waals surface area contributed by atoms with Gasteiger partial charge in [0.15, 0.2) is 0 Å². The van der Waals surface area contributed by atoms with E-state index in [1.807, 2.05) is 0 Å². The molecule has 3 fully saturated rings. The highest BCUT2D eigenvalue weighted by molar-refractivity contribution is 4.96. The second-order valence-corrected chi connectivity index (χ2v) is 6.28. The highest BCUT2D eigenvalue weighted by Crippen LogP contribution is 2.37. The third-order valence-electron chi connectivity index (χ3n) is 5.22. The largest absolute Gasteiger partial charge is 0.285 e. The minimum absolute atomic E-state index is 0.830. The number of fused-ring (bicyclic) bond motifs is 3. The van der Waals surface area contributed by atoms with Crippen molar-refractivity contribution in [1.29, 1.82) is 0 Å². The average Bonchev–Trinajstić information content (AvgIpc) is 2.85. The zero-order chi connectivity index (χ0) is 11.7. The van der Waals surface area contributed by atoms with Gasteiger partial charge in [-0.3, -0.25) is 9.80 Å². The molecule has 98 valence electrons. The zero-order valence-corrected chi connectivity index (χ0v) is 11.4. The molecule has 0 radical (unpaired) electrons. The molecule has 0 unspecified atom stereocenters. The van der Waals surface area contributed by atoms with Crippen LogP contribution in [-0.4, -0.2) is 41.1 Å². The monoisotopic (exact) mass is 236 g/mol. The van der Waals surface area contributed by atoms with Crippen molar-refractivity contribution in [2.24, 2.45) is 0 Å².